The predicted molar refractivity (Wildman–Crippen MR) is 113 cm³/mol. The normalized spacial score (nSPS) is 15.2. The topological polar surface area (TPSA) is 75.7 Å². The molecule has 3 rings (SSSR count). The van der Waals surface area contributed by atoms with Crippen LogP contribution in [0.5, 0.6) is 11.6 Å². The van der Waals surface area contributed by atoms with Crippen molar-refractivity contribution < 1.29 is 27.4 Å². The minimum absolute atomic E-state index is 0.0564. The molecule has 1 aromatic heterocycles. The highest BCUT2D eigenvalue weighted by molar-refractivity contribution is 5.73. The number of carbonyl (C=O) groups excluding carboxylic acids is 1. The molecule has 1 saturated heterocycles. The number of likely N-dealkylation sites (tertiary alicyclic amines) is 1. The number of nitrogens with one attached hydrogen (secondary N) is 2. The van der Waals surface area contributed by atoms with Gasteiger partial charge >= 0.3 is 12.2 Å². The quantitative estimate of drug-likeness (QED) is 0.607. The molecule has 1 aliphatic rings. The lowest BCUT2D eigenvalue weighted by Crippen LogP contribution is -2.41. The smallest absolute Gasteiger partial charge is 0.422 e. The zero-order valence-electron chi connectivity index (χ0n) is 17.8. The maximum absolute atomic E-state index is 12.3. The zero-order valence-corrected chi connectivity index (χ0v) is 17.8. The van der Waals surface area contributed by atoms with Crippen molar-refractivity contribution in [3.8, 4) is 11.6 Å². The van der Waals surface area contributed by atoms with Gasteiger partial charge in [-0.3, -0.25) is 4.90 Å². The van der Waals surface area contributed by atoms with Crippen LogP contribution in [0.1, 0.15) is 30.0 Å². The molecular weight excluding hydrogens is 425 g/mol. The summed E-state index contributed by atoms with van der Waals surface area (Å²) < 4.78 is 46.4. The highest BCUT2D eigenvalue weighted by Crippen LogP contribution is 2.26. The number of ether oxygens (including phenoxy) is 2. The third kappa shape index (κ3) is 7.30. The zero-order chi connectivity index (χ0) is 23.0. The number of hydrogen-bond donors (Lipinski definition) is 2. The Morgan fingerprint density at radius 3 is 2.44 bits per heavy atom. The van der Waals surface area contributed by atoms with Crippen LogP contribution in [0.25, 0.3) is 0 Å². The van der Waals surface area contributed by atoms with E-state index in [1.807, 2.05) is 24.3 Å². The molecular formula is C22H27F3N4O3. The average molecular weight is 452 g/mol. The molecule has 7 nitrogen and oxygen atoms in total. The van der Waals surface area contributed by atoms with Gasteiger partial charge in [0.2, 0.25) is 5.88 Å². The molecule has 2 aromatic rings. The maximum atomic E-state index is 12.3. The molecule has 32 heavy (non-hydrogen) atoms. The lowest BCUT2D eigenvalue weighted by atomic mass is 10.1. The van der Waals surface area contributed by atoms with Gasteiger partial charge in [-0.25, -0.2) is 9.78 Å². The summed E-state index contributed by atoms with van der Waals surface area (Å²) in [5.41, 5.74) is 1.75. The van der Waals surface area contributed by atoms with Gasteiger partial charge in [0.25, 0.3) is 0 Å². The Kier molecular flexibility index (Phi) is 8.15. The SMILES string of the molecule is COc1ccc(C(CNC(=O)NCc2ccc(OCC(F)(F)F)nc2)N2CCCC2)cc1. The third-order valence-corrected chi connectivity index (χ3v) is 5.17. The second kappa shape index (κ2) is 11.0. The molecule has 2 amide bonds. The van der Waals surface area contributed by atoms with Gasteiger partial charge in [-0.2, -0.15) is 13.2 Å². The Balaban J connectivity index is 1.49. The summed E-state index contributed by atoms with van der Waals surface area (Å²) >= 11 is 0. The average Bonchev–Trinajstić information content (AvgIpc) is 3.31. The lowest BCUT2D eigenvalue weighted by molar-refractivity contribution is -0.154. The first kappa shape index (κ1) is 23.6. The van der Waals surface area contributed by atoms with Gasteiger partial charge in [-0.1, -0.05) is 18.2 Å². The van der Waals surface area contributed by atoms with Crippen molar-refractivity contribution in [2.45, 2.75) is 31.6 Å². The van der Waals surface area contributed by atoms with Crippen molar-refractivity contribution >= 4 is 6.03 Å². The van der Waals surface area contributed by atoms with Gasteiger partial charge in [0.05, 0.1) is 13.2 Å². The first-order chi connectivity index (χ1) is 15.3. The molecule has 174 valence electrons. The summed E-state index contributed by atoms with van der Waals surface area (Å²) in [4.78, 5) is 18.5. The molecule has 10 heteroatoms. The number of hydrogen-bond acceptors (Lipinski definition) is 5. The van der Waals surface area contributed by atoms with Crippen LogP contribution >= 0.6 is 0 Å². The van der Waals surface area contributed by atoms with Crippen LogP contribution in [0.3, 0.4) is 0 Å². The number of nitrogens with zero attached hydrogens (tertiary/aromatic N) is 2. The number of urea groups is 1. The highest BCUT2D eigenvalue weighted by Gasteiger charge is 2.28. The number of pyridine rings is 1. The highest BCUT2D eigenvalue weighted by atomic mass is 19.4. The molecule has 0 spiro atoms. The molecule has 0 radical (unpaired) electrons. The van der Waals surface area contributed by atoms with E-state index in [-0.39, 0.29) is 24.5 Å². The molecule has 2 heterocycles. The maximum Gasteiger partial charge on any atom is 0.422 e. The van der Waals surface area contributed by atoms with Crippen LogP contribution in [-0.4, -0.2) is 55.4 Å². The van der Waals surface area contributed by atoms with E-state index >= 15 is 0 Å². The summed E-state index contributed by atoms with van der Waals surface area (Å²) in [7, 11) is 1.62. The minimum atomic E-state index is -4.42. The van der Waals surface area contributed by atoms with Crippen molar-refractivity contribution in [1.29, 1.82) is 0 Å². The number of amides is 2. The van der Waals surface area contributed by atoms with E-state index in [4.69, 9.17) is 4.74 Å². The van der Waals surface area contributed by atoms with Crippen LogP contribution in [0, 0.1) is 0 Å². The Morgan fingerprint density at radius 2 is 1.84 bits per heavy atom. The molecule has 1 unspecified atom stereocenters. The monoisotopic (exact) mass is 452 g/mol. The summed E-state index contributed by atoms with van der Waals surface area (Å²) in [5, 5.41) is 5.65. The van der Waals surface area contributed by atoms with Crippen molar-refractivity contribution in [1.82, 2.24) is 20.5 Å². The summed E-state index contributed by atoms with van der Waals surface area (Å²) in [6.45, 7) is 1.20. The summed E-state index contributed by atoms with van der Waals surface area (Å²) in [6, 6.07) is 10.5. The largest absolute Gasteiger partial charge is 0.497 e. The van der Waals surface area contributed by atoms with Gasteiger partial charge in [-0.15, -0.1) is 0 Å². The first-order valence-corrected chi connectivity index (χ1v) is 10.4. The molecule has 1 atom stereocenters. The molecule has 1 aliphatic heterocycles. The second-order valence-electron chi connectivity index (χ2n) is 7.50. The van der Waals surface area contributed by atoms with Crippen molar-refractivity contribution in [2.24, 2.45) is 0 Å². The van der Waals surface area contributed by atoms with Gasteiger partial charge in [0.1, 0.15) is 5.75 Å². The van der Waals surface area contributed by atoms with Crippen LogP contribution < -0.4 is 20.1 Å². The van der Waals surface area contributed by atoms with Gasteiger partial charge in [0, 0.05) is 25.4 Å². The Hall–Kier alpha value is -3.01. The fraction of sp³-hybridized carbons (Fsp3) is 0.455. The summed E-state index contributed by atoms with van der Waals surface area (Å²) in [6.07, 6.45) is -0.780. The van der Waals surface area contributed by atoms with E-state index < -0.39 is 12.8 Å². The Bertz CT molecular complexity index is 854. The minimum Gasteiger partial charge on any atom is -0.497 e. The van der Waals surface area contributed by atoms with E-state index in [2.05, 4.69) is 25.3 Å². The van der Waals surface area contributed by atoms with Crippen molar-refractivity contribution in [3.05, 3.63) is 53.7 Å². The van der Waals surface area contributed by atoms with E-state index in [0.29, 0.717) is 12.1 Å². The Labute approximate surface area is 184 Å². The molecule has 0 saturated carbocycles. The van der Waals surface area contributed by atoms with Gasteiger partial charge in [-0.05, 0) is 49.2 Å². The first-order valence-electron chi connectivity index (χ1n) is 10.4. The van der Waals surface area contributed by atoms with E-state index in [9.17, 15) is 18.0 Å². The molecule has 0 aliphatic carbocycles. The van der Waals surface area contributed by atoms with Crippen molar-refractivity contribution in [2.75, 3.05) is 33.4 Å². The number of halogens is 3. The summed E-state index contributed by atoms with van der Waals surface area (Å²) in [5.74, 6) is 0.659. The van der Waals surface area contributed by atoms with Gasteiger partial charge in [0.15, 0.2) is 6.61 Å². The standard InChI is InChI=1S/C22H27F3N4O3/c1-31-18-7-5-17(6-8-18)19(29-10-2-3-11-29)14-28-21(30)27-13-16-4-9-20(26-12-16)32-15-22(23,24)25/h4-9,12,19H,2-3,10-11,13-15H2,1H3,(H2,27,28,30). The second-order valence-corrected chi connectivity index (χ2v) is 7.50. The van der Waals surface area contributed by atoms with Crippen LogP contribution in [-0.2, 0) is 6.54 Å². The molecule has 1 aromatic carbocycles. The number of methoxy groups -OCH3 is 1. The fourth-order valence-corrected chi connectivity index (χ4v) is 3.53. The number of carbonyl (C=O) groups is 1. The van der Waals surface area contributed by atoms with Gasteiger partial charge < -0.3 is 20.1 Å². The molecule has 2 N–H and O–H groups in total. The number of aromatic nitrogens is 1. The Morgan fingerprint density at radius 1 is 1.12 bits per heavy atom. The van der Waals surface area contributed by atoms with E-state index in [1.54, 1.807) is 13.2 Å². The number of benzene rings is 1. The van der Waals surface area contributed by atoms with Crippen LogP contribution in [0.2, 0.25) is 0 Å². The number of rotatable bonds is 9. The third-order valence-electron chi connectivity index (χ3n) is 5.17. The van der Waals surface area contributed by atoms with Crippen molar-refractivity contribution in [3.63, 3.8) is 0 Å². The predicted octanol–water partition coefficient (Wildman–Crippen LogP) is 3.67. The van der Waals surface area contributed by atoms with Crippen LogP contribution in [0.4, 0.5) is 18.0 Å². The van der Waals surface area contributed by atoms with E-state index in [0.717, 1.165) is 37.2 Å². The molecule has 0 bridgehead atoms. The molecule has 1 fully saturated rings. The lowest BCUT2D eigenvalue weighted by Gasteiger charge is -2.28. The van der Waals surface area contributed by atoms with E-state index in [1.165, 1.54) is 12.3 Å². The number of alkyl halides is 3. The van der Waals surface area contributed by atoms with Crippen LogP contribution in [0.15, 0.2) is 42.6 Å². The fourth-order valence-electron chi connectivity index (χ4n) is 3.53.